The minimum atomic E-state index is -0.445. The normalized spacial score (nSPS) is 11.3. The molecular weight excluding hydrogens is 1050 g/mol. The Morgan fingerprint density at radius 2 is 0.417 bits per heavy atom. The van der Waals surface area contributed by atoms with Crippen LogP contribution in [-0.4, -0.2) is 35.2 Å². The highest BCUT2D eigenvalue weighted by Crippen LogP contribution is 2.44. The number of para-hydroxylation sites is 4. The van der Waals surface area contributed by atoms with E-state index < -0.39 is 11.6 Å². The van der Waals surface area contributed by atoms with E-state index >= 15 is 9.59 Å². The molecule has 84 heavy (non-hydrogen) atoms. The lowest BCUT2D eigenvalue weighted by Crippen LogP contribution is -2.26. The van der Waals surface area contributed by atoms with Crippen molar-refractivity contribution in [3.8, 4) is 0 Å². The molecule has 0 atom stereocenters. The van der Waals surface area contributed by atoms with Crippen LogP contribution in [0.2, 0.25) is 0 Å². The summed E-state index contributed by atoms with van der Waals surface area (Å²) in [4.78, 5) is 83.7. The van der Waals surface area contributed by atoms with E-state index in [1.165, 1.54) is 0 Å². The molecule has 0 heterocycles. The number of carbonyl (C=O) groups is 6. The highest BCUT2D eigenvalue weighted by atomic mass is 16.2. The molecule has 4 amide bonds. The van der Waals surface area contributed by atoms with Gasteiger partial charge in [-0.1, -0.05) is 121 Å². The lowest BCUT2D eigenvalue weighted by molar-refractivity contribution is -0.116. The van der Waals surface area contributed by atoms with Crippen LogP contribution in [0.3, 0.4) is 0 Å². The number of rotatable bonds is 20. The Labute approximate surface area is 485 Å². The average Bonchev–Trinajstić information content (AvgIpc) is 3.12. The van der Waals surface area contributed by atoms with E-state index in [1.54, 1.807) is 24.3 Å². The van der Waals surface area contributed by atoms with Gasteiger partial charge in [-0.15, -0.1) is 0 Å². The molecule has 0 aliphatic heterocycles. The molecule has 14 nitrogen and oxygen atoms in total. The number of anilines is 12. The number of fused-ring (bicyclic) bond motifs is 2. The average molecular weight is 1110 g/mol. The Balaban J connectivity index is 0.927. The Bertz CT molecular complexity index is 3510. The molecule has 0 bridgehead atoms. The van der Waals surface area contributed by atoms with Crippen molar-refractivity contribution in [1.29, 1.82) is 0 Å². The van der Waals surface area contributed by atoms with Gasteiger partial charge in [-0.05, 0) is 144 Å². The zero-order valence-electron chi connectivity index (χ0n) is 45.4. The van der Waals surface area contributed by atoms with Crippen molar-refractivity contribution in [2.24, 2.45) is 0 Å². The molecule has 0 fully saturated rings. The maximum absolute atomic E-state index is 15.8. The third kappa shape index (κ3) is 13.6. The summed E-state index contributed by atoms with van der Waals surface area (Å²) in [6, 6.07) is 73.2. The molecule has 1 aliphatic rings. The molecule has 0 saturated carbocycles. The van der Waals surface area contributed by atoms with E-state index in [0.717, 1.165) is 22.3 Å². The maximum Gasteiger partial charge on any atom is 0.228 e. The van der Waals surface area contributed by atoms with Gasteiger partial charge in [0.2, 0.25) is 23.6 Å². The first-order valence-corrected chi connectivity index (χ1v) is 27.3. The third-order valence-corrected chi connectivity index (χ3v) is 13.9. The minimum Gasteiger partial charge on any atom is -0.355 e. The lowest BCUT2D eigenvalue weighted by Gasteiger charge is -2.27. The standard InChI is InChI=1S/C70H56N8O6/c79-61(75-49-13-5-1-6-14-49)41-45-21-29-53(30-22-45)71-57-37-38-58(72-54-31-23-46(24-32-54)42-62(80)76-50-15-7-2-8-16-50)66-65(57)69(83)67-59(73-55-33-25-47(26-34-55)43-63(81)77-51-17-9-3-10-18-51)39-40-60(68(67)70(66)84)74-56-35-27-48(28-36-56)44-64(82)78-52-19-11-4-12-20-52/h1-40,71-74H,41-44H2,(H,75,79)(H,76,80)(H,77,81)(H,78,82). The SMILES string of the molecule is O=C(Cc1ccc(Nc2ccc(Nc3ccc(CC(=O)Nc4ccccc4)cc3)c3c2C(=O)c2c(Nc4ccc(CC(=O)Nc5ccccc5)cc4)ccc(Nc4ccc(CC(=O)Nc5ccccc5)cc4)c2C3=O)cc1)Nc1ccccc1. The van der Waals surface area contributed by atoms with Crippen molar-refractivity contribution in [2.45, 2.75) is 25.7 Å². The molecule has 8 N–H and O–H groups in total. The lowest BCUT2D eigenvalue weighted by atomic mass is 9.80. The van der Waals surface area contributed by atoms with Gasteiger partial charge < -0.3 is 42.5 Å². The zero-order valence-corrected chi connectivity index (χ0v) is 45.4. The zero-order chi connectivity index (χ0) is 57.8. The Kier molecular flexibility index (Phi) is 16.5. The summed E-state index contributed by atoms with van der Waals surface area (Å²) < 4.78 is 0. The number of nitrogens with one attached hydrogen (secondary N) is 8. The van der Waals surface area contributed by atoms with Crippen molar-refractivity contribution < 1.29 is 28.8 Å². The van der Waals surface area contributed by atoms with Crippen molar-refractivity contribution in [2.75, 3.05) is 42.5 Å². The van der Waals surface area contributed by atoms with Crippen LogP contribution in [0.1, 0.15) is 54.1 Å². The van der Waals surface area contributed by atoms with Crippen molar-refractivity contribution in [3.05, 3.63) is 287 Å². The number of hydrogen-bond acceptors (Lipinski definition) is 10. The second kappa shape index (κ2) is 25.4. The highest BCUT2D eigenvalue weighted by molar-refractivity contribution is 6.35. The van der Waals surface area contributed by atoms with Crippen LogP contribution < -0.4 is 42.5 Å². The maximum atomic E-state index is 15.8. The number of amides is 4. The van der Waals surface area contributed by atoms with Crippen molar-refractivity contribution in [1.82, 2.24) is 0 Å². The number of carbonyl (C=O) groups excluding carboxylic acids is 6. The topological polar surface area (TPSA) is 199 Å². The molecule has 10 aromatic rings. The van der Waals surface area contributed by atoms with E-state index in [4.69, 9.17) is 0 Å². The van der Waals surface area contributed by atoms with Crippen LogP contribution in [0.15, 0.2) is 243 Å². The van der Waals surface area contributed by atoms with E-state index in [0.29, 0.717) is 68.2 Å². The first-order chi connectivity index (χ1) is 41.0. The Hall–Kier alpha value is -11.4. The summed E-state index contributed by atoms with van der Waals surface area (Å²) in [6.07, 6.45) is 0.520. The largest absolute Gasteiger partial charge is 0.355 e. The first kappa shape index (κ1) is 54.6. The van der Waals surface area contributed by atoms with Crippen LogP contribution in [0, 0.1) is 0 Å². The van der Waals surface area contributed by atoms with E-state index in [-0.39, 0.29) is 71.6 Å². The summed E-state index contributed by atoms with van der Waals surface area (Å²) in [6.45, 7) is 0. The summed E-state index contributed by atoms with van der Waals surface area (Å²) in [5.74, 6) is -1.59. The van der Waals surface area contributed by atoms with Gasteiger partial charge in [0.25, 0.3) is 0 Å². The molecular formula is C70H56N8O6. The number of ketones is 2. The van der Waals surface area contributed by atoms with E-state index in [9.17, 15) is 19.2 Å². The van der Waals surface area contributed by atoms with Crippen LogP contribution in [0.4, 0.5) is 68.2 Å². The van der Waals surface area contributed by atoms with Crippen LogP contribution in [-0.2, 0) is 44.9 Å². The van der Waals surface area contributed by atoms with Crippen molar-refractivity contribution >= 4 is 103 Å². The molecule has 14 heteroatoms. The highest BCUT2D eigenvalue weighted by Gasteiger charge is 2.38. The Morgan fingerprint density at radius 1 is 0.226 bits per heavy atom. The quantitative estimate of drug-likeness (QED) is 0.0363. The van der Waals surface area contributed by atoms with Gasteiger partial charge in [0.15, 0.2) is 11.6 Å². The summed E-state index contributed by atoms with van der Waals surface area (Å²) in [5, 5.41) is 25.4. The molecule has 11 rings (SSSR count). The molecule has 0 spiro atoms. The van der Waals surface area contributed by atoms with Gasteiger partial charge in [0.05, 0.1) is 70.7 Å². The molecule has 10 aromatic carbocycles. The number of benzene rings is 10. The van der Waals surface area contributed by atoms with Gasteiger partial charge in [-0.2, -0.15) is 0 Å². The molecule has 412 valence electrons. The monoisotopic (exact) mass is 1100 g/mol. The van der Waals surface area contributed by atoms with Crippen LogP contribution >= 0.6 is 0 Å². The molecule has 1 aliphatic carbocycles. The molecule has 0 saturated heterocycles. The summed E-state index contributed by atoms with van der Waals surface area (Å²) >= 11 is 0. The predicted octanol–water partition coefficient (Wildman–Crippen LogP) is 14.2. The van der Waals surface area contributed by atoms with Gasteiger partial charge in [0, 0.05) is 45.5 Å². The molecule has 0 aromatic heterocycles. The van der Waals surface area contributed by atoms with Crippen molar-refractivity contribution in [3.63, 3.8) is 0 Å². The minimum absolute atomic E-state index is 0.121. The Morgan fingerprint density at radius 3 is 0.607 bits per heavy atom. The van der Waals surface area contributed by atoms with Gasteiger partial charge in [-0.25, -0.2) is 0 Å². The fourth-order valence-electron chi connectivity index (χ4n) is 9.91. The molecule has 0 unspecified atom stereocenters. The smallest absolute Gasteiger partial charge is 0.228 e. The van der Waals surface area contributed by atoms with Crippen LogP contribution in [0.25, 0.3) is 0 Å². The van der Waals surface area contributed by atoms with Gasteiger partial charge in [-0.3, -0.25) is 28.8 Å². The first-order valence-electron chi connectivity index (χ1n) is 27.3. The van der Waals surface area contributed by atoms with Gasteiger partial charge >= 0.3 is 0 Å². The van der Waals surface area contributed by atoms with E-state index in [1.807, 2.05) is 218 Å². The van der Waals surface area contributed by atoms with Gasteiger partial charge in [0.1, 0.15) is 0 Å². The second-order valence-corrected chi connectivity index (χ2v) is 20.1. The van der Waals surface area contributed by atoms with E-state index in [2.05, 4.69) is 42.5 Å². The third-order valence-electron chi connectivity index (χ3n) is 13.9. The fourth-order valence-corrected chi connectivity index (χ4v) is 9.91. The van der Waals surface area contributed by atoms with Crippen LogP contribution in [0.5, 0.6) is 0 Å². The summed E-state index contributed by atoms with van der Waals surface area (Å²) in [5.41, 5.74) is 10.2. The molecule has 0 radical (unpaired) electrons. The second-order valence-electron chi connectivity index (χ2n) is 20.1. The fraction of sp³-hybridized carbons (Fsp3) is 0.0571. The summed E-state index contributed by atoms with van der Waals surface area (Å²) in [7, 11) is 0. The number of hydrogen-bond donors (Lipinski definition) is 8. The predicted molar refractivity (Wildman–Crippen MR) is 334 cm³/mol.